The van der Waals surface area contributed by atoms with Crippen LogP contribution in [0, 0.1) is 10.1 Å². The van der Waals surface area contributed by atoms with E-state index in [1.165, 1.54) is 6.07 Å². The summed E-state index contributed by atoms with van der Waals surface area (Å²) in [4.78, 5) is 15.9. The number of rotatable bonds is 5. The van der Waals surface area contributed by atoms with E-state index >= 15 is 0 Å². The lowest BCUT2D eigenvalue weighted by atomic mass is 10.4. The van der Waals surface area contributed by atoms with Crippen LogP contribution in [0.3, 0.4) is 0 Å². The van der Waals surface area contributed by atoms with Gasteiger partial charge in [-0.25, -0.2) is 4.98 Å². The van der Waals surface area contributed by atoms with Crippen LogP contribution in [0.4, 0.5) is 17.3 Å². The summed E-state index contributed by atoms with van der Waals surface area (Å²) in [6.45, 7) is 1.55. The van der Waals surface area contributed by atoms with Gasteiger partial charge in [0.25, 0.3) is 0 Å². The summed E-state index contributed by atoms with van der Waals surface area (Å²) in [6.07, 6.45) is 0. The molecule has 0 saturated carbocycles. The van der Waals surface area contributed by atoms with Crippen LogP contribution in [0.5, 0.6) is 0 Å². The SMILES string of the molecule is CN(C)CCNc1ccc([N+](=O)[O-])c(N)n1. The molecule has 0 radical (unpaired) electrons. The maximum atomic E-state index is 10.5. The molecule has 1 heterocycles. The molecule has 1 aromatic heterocycles. The number of nitrogens with zero attached hydrogens (tertiary/aromatic N) is 3. The summed E-state index contributed by atoms with van der Waals surface area (Å²) in [5, 5.41) is 13.5. The monoisotopic (exact) mass is 225 g/mol. The van der Waals surface area contributed by atoms with E-state index < -0.39 is 4.92 Å². The van der Waals surface area contributed by atoms with Gasteiger partial charge in [-0.3, -0.25) is 10.1 Å². The van der Waals surface area contributed by atoms with Crippen molar-refractivity contribution >= 4 is 17.3 Å². The number of aromatic nitrogens is 1. The van der Waals surface area contributed by atoms with E-state index in [-0.39, 0.29) is 11.5 Å². The van der Waals surface area contributed by atoms with Gasteiger partial charge >= 0.3 is 5.69 Å². The summed E-state index contributed by atoms with van der Waals surface area (Å²) in [6, 6.07) is 2.89. The Morgan fingerprint density at radius 3 is 2.75 bits per heavy atom. The third-order valence-electron chi connectivity index (χ3n) is 1.96. The molecule has 16 heavy (non-hydrogen) atoms. The van der Waals surface area contributed by atoms with Crippen LogP contribution in [0.1, 0.15) is 0 Å². The summed E-state index contributed by atoms with van der Waals surface area (Å²) >= 11 is 0. The molecule has 0 amide bonds. The van der Waals surface area contributed by atoms with Gasteiger partial charge in [0.1, 0.15) is 5.82 Å². The minimum Gasteiger partial charge on any atom is -0.378 e. The largest absolute Gasteiger partial charge is 0.378 e. The zero-order valence-electron chi connectivity index (χ0n) is 9.30. The number of nitro groups is 1. The van der Waals surface area contributed by atoms with Crippen molar-refractivity contribution in [2.45, 2.75) is 0 Å². The number of hydrogen-bond donors (Lipinski definition) is 2. The Morgan fingerprint density at radius 2 is 2.25 bits per heavy atom. The first-order valence-corrected chi connectivity index (χ1v) is 4.80. The molecule has 7 nitrogen and oxygen atoms in total. The summed E-state index contributed by atoms with van der Waals surface area (Å²) in [7, 11) is 3.92. The second-order valence-corrected chi connectivity index (χ2v) is 3.59. The maximum absolute atomic E-state index is 10.5. The van der Waals surface area contributed by atoms with Gasteiger partial charge in [0.15, 0.2) is 0 Å². The van der Waals surface area contributed by atoms with Gasteiger partial charge in [0.05, 0.1) is 4.92 Å². The molecule has 7 heteroatoms. The quantitative estimate of drug-likeness (QED) is 0.561. The molecule has 88 valence electrons. The van der Waals surface area contributed by atoms with Crippen molar-refractivity contribution in [3.8, 4) is 0 Å². The first kappa shape index (κ1) is 12.2. The first-order chi connectivity index (χ1) is 7.50. The third-order valence-corrected chi connectivity index (χ3v) is 1.96. The summed E-state index contributed by atoms with van der Waals surface area (Å²) < 4.78 is 0. The maximum Gasteiger partial charge on any atom is 0.311 e. The van der Waals surface area contributed by atoms with Crippen LogP contribution in [0.15, 0.2) is 12.1 Å². The Bertz CT molecular complexity index is 380. The lowest BCUT2D eigenvalue weighted by Crippen LogP contribution is -2.21. The summed E-state index contributed by atoms with van der Waals surface area (Å²) in [5.41, 5.74) is 5.28. The van der Waals surface area contributed by atoms with Crippen molar-refractivity contribution in [3.05, 3.63) is 22.2 Å². The number of nitrogens with one attached hydrogen (secondary N) is 1. The fraction of sp³-hybridized carbons (Fsp3) is 0.444. The average molecular weight is 225 g/mol. The Hall–Kier alpha value is -1.89. The Kier molecular flexibility index (Phi) is 4.01. The highest BCUT2D eigenvalue weighted by molar-refractivity contribution is 5.57. The van der Waals surface area contributed by atoms with Crippen molar-refractivity contribution in [2.75, 3.05) is 38.2 Å². The highest BCUT2D eigenvalue weighted by atomic mass is 16.6. The number of anilines is 2. The Morgan fingerprint density at radius 1 is 1.56 bits per heavy atom. The van der Waals surface area contributed by atoms with Gasteiger partial charge in [-0.2, -0.15) is 0 Å². The number of pyridine rings is 1. The molecule has 0 aliphatic carbocycles. The van der Waals surface area contributed by atoms with E-state index in [1.807, 2.05) is 19.0 Å². The van der Waals surface area contributed by atoms with Crippen LogP contribution in [0.25, 0.3) is 0 Å². The number of likely N-dealkylation sites (N-methyl/N-ethyl adjacent to an activating group) is 1. The molecule has 0 atom stereocenters. The highest BCUT2D eigenvalue weighted by Gasteiger charge is 2.12. The zero-order chi connectivity index (χ0) is 12.1. The fourth-order valence-electron chi connectivity index (χ4n) is 1.13. The molecule has 0 saturated heterocycles. The van der Waals surface area contributed by atoms with Crippen molar-refractivity contribution in [2.24, 2.45) is 0 Å². The van der Waals surface area contributed by atoms with Gasteiger partial charge in [-0.05, 0) is 20.2 Å². The topological polar surface area (TPSA) is 97.3 Å². The standard InChI is InChI=1S/C9H15N5O2/c1-13(2)6-5-11-8-4-3-7(14(15)16)9(10)12-8/h3-4H,5-6H2,1-2H3,(H3,10,11,12). The van der Waals surface area contributed by atoms with Crippen molar-refractivity contribution in [1.82, 2.24) is 9.88 Å². The molecule has 0 aliphatic heterocycles. The van der Waals surface area contributed by atoms with E-state index in [9.17, 15) is 10.1 Å². The van der Waals surface area contributed by atoms with Gasteiger partial charge in [-0.15, -0.1) is 0 Å². The normalized spacial score (nSPS) is 10.4. The average Bonchev–Trinajstić information content (AvgIpc) is 2.16. The molecule has 1 rings (SSSR count). The smallest absolute Gasteiger partial charge is 0.311 e. The van der Waals surface area contributed by atoms with E-state index in [0.29, 0.717) is 12.4 Å². The molecule has 0 aromatic carbocycles. The molecule has 3 N–H and O–H groups in total. The highest BCUT2D eigenvalue weighted by Crippen LogP contribution is 2.20. The predicted octanol–water partition coefficient (Wildman–Crippen LogP) is 0.545. The van der Waals surface area contributed by atoms with E-state index in [1.54, 1.807) is 6.07 Å². The minimum atomic E-state index is -0.550. The lowest BCUT2D eigenvalue weighted by molar-refractivity contribution is -0.384. The van der Waals surface area contributed by atoms with E-state index in [2.05, 4.69) is 10.3 Å². The molecule has 0 aliphatic rings. The predicted molar refractivity (Wildman–Crippen MR) is 62.3 cm³/mol. The minimum absolute atomic E-state index is 0.0696. The third kappa shape index (κ3) is 3.35. The molecule has 0 spiro atoms. The second-order valence-electron chi connectivity index (χ2n) is 3.59. The van der Waals surface area contributed by atoms with Crippen LogP contribution >= 0.6 is 0 Å². The molecule has 1 aromatic rings. The van der Waals surface area contributed by atoms with E-state index in [4.69, 9.17) is 5.73 Å². The Labute approximate surface area is 93.4 Å². The van der Waals surface area contributed by atoms with Crippen LogP contribution < -0.4 is 11.1 Å². The van der Waals surface area contributed by atoms with Crippen LogP contribution in [-0.2, 0) is 0 Å². The van der Waals surface area contributed by atoms with Gasteiger partial charge in [0.2, 0.25) is 5.82 Å². The van der Waals surface area contributed by atoms with Crippen molar-refractivity contribution < 1.29 is 4.92 Å². The number of nitrogens with two attached hydrogens (primary N) is 1. The van der Waals surface area contributed by atoms with Crippen molar-refractivity contribution in [3.63, 3.8) is 0 Å². The van der Waals surface area contributed by atoms with Gasteiger partial charge < -0.3 is 16.0 Å². The van der Waals surface area contributed by atoms with Gasteiger partial charge in [-0.1, -0.05) is 0 Å². The van der Waals surface area contributed by atoms with Gasteiger partial charge in [0, 0.05) is 19.2 Å². The number of nitrogen functional groups attached to an aromatic ring is 1. The summed E-state index contributed by atoms with van der Waals surface area (Å²) in [5.74, 6) is 0.477. The number of hydrogen-bond acceptors (Lipinski definition) is 6. The molecule has 0 unspecified atom stereocenters. The second kappa shape index (κ2) is 5.26. The first-order valence-electron chi connectivity index (χ1n) is 4.80. The zero-order valence-corrected chi connectivity index (χ0v) is 9.30. The molecule has 0 bridgehead atoms. The molecular weight excluding hydrogens is 210 g/mol. The Balaban J connectivity index is 2.63. The molecular formula is C9H15N5O2. The molecule has 0 fully saturated rings. The fourth-order valence-corrected chi connectivity index (χ4v) is 1.13. The van der Waals surface area contributed by atoms with E-state index in [0.717, 1.165) is 6.54 Å². The lowest BCUT2D eigenvalue weighted by Gasteiger charge is -2.10. The van der Waals surface area contributed by atoms with Crippen LogP contribution in [-0.4, -0.2) is 42.0 Å². The van der Waals surface area contributed by atoms with Crippen LogP contribution in [0.2, 0.25) is 0 Å². The van der Waals surface area contributed by atoms with Crippen molar-refractivity contribution in [1.29, 1.82) is 0 Å².